The fraction of sp³-hybridized carbons (Fsp3) is 0.111. The molecule has 0 saturated carbocycles. The zero-order chi connectivity index (χ0) is 20.2. The molecule has 3 heteroatoms. The first kappa shape index (κ1) is 18.9. The van der Waals surface area contributed by atoms with Gasteiger partial charge in [0.25, 0.3) is 0 Å². The van der Waals surface area contributed by atoms with Crippen molar-refractivity contribution in [3.63, 3.8) is 0 Å². The lowest BCUT2D eigenvalue weighted by Crippen LogP contribution is -2.20. The predicted octanol–water partition coefficient (Wildman–Crippen LogP) is 4.96. The molecule has 148 valence electrons. The van der Waals surface area contributed by atoms with Crippen LogP contribution in [0.3, 0.4) is 0 Å². The highest BCUT2D eigenvalue weighted by molar-refractivity contribution is 7.79. The lowest BCUT2D eigenvalue weighted by Gasteiger charge is -2.20. The third-order valence-corrected chi connectivity index (χ3v) is 7.76. The minimum atomic E-state index is -0.568. The van der Waals surface area contributed by atoms with Gasteiger partial charge in [0.15, 0.2) is 11.5 Å². The molecule has 0 radical (unpaired) electrons. The van der Waals surface area contributed by atoms with Gasteiger partial charge in [-0.3, -0.25) is 0 Å². The summed E-state index contributed by atoms with van der Waals surface area (Å²) in [6.45, 7) is 0.323. The number of aryl methyl sites for hydroxylation is 2. The number of ether oxygens (including phenoxy) is 2. The van der Waals surface area contributed by atoms with E-state index in [4.69, 9.17) is 9.47 Å². The second-order valence-corrected chi connectivity index (χ2v) is 9.58. The first-order valence-electron chi connectivity index (χ1n) is 10.2. The van der Waals surface area contributed by atoms with Crippen LogP contribution >= 0.6 is 7.92 Å². The van der Waals surface area contributed by atoms with Gasteiger partial charge in [-0.1, -0.05) is 91.0 Å². The Kier molecular flexibility index (Phi) is 5.50. The van der Waals surface area contributed by atoms with E-state index in [0.717, 1.165) is 24.3 Å². The molecule has 0 unspecified atom stereocenters. The van der Waals surface area contributed by atoms with E-state index in [1.54, 1.807) is 0 Å². The van der Waals surface area contributed by atoms with E-state index in [0.29, 0.717) is 6.79 Å². The third-order valence-electron chi connectivity index (χ3n) is 5.34. The van der Waals surface area contributed by atoms with Crippen molar-refractivity contribution in [3.05, 3.63) is 114 Å². The highest BCUT2D eigenvalue weighted by Gasteiger charge is 2.17. The van der Waals surface area contributed by atoms with Crippen molar-refractivity contribution < 1.29 is 9.47 Å². The van der Waals surface area contributed by atoms with Crippen molar-refractivity contribution in [2.45, 2.75) is 12.8 Å². The van der Waals surface area contributed by atoms with Crippen LogP contribution < -0.4 is 25.4 Å². The quantitative estimate of drug-likeness (QED) is 0.419. The maximum absolute atomic E-state index is 5.52. The van der Waals surface area contributed by atoms with E-state index in [1.807, 2.05) is 6.07 Å². The van der Waals surface area contributed by atoms with Crippen LogP contribution in [-0.2, 0) is 12.8 Å². The Morgan fingerprint density at radius 1 is 0.533 bits per heavy atom. The summed E-state index contributed by atoms with van der Waals surface area (Å²) in [5.74, 6) is 1.70. The third kappa shape index (κ3) is 4.10. The molecule has 0 fully saturated rings. The van der Waals surface area contributed by atoms with Crippen molar-refractivity contribution in [2.75, 3.05) is 6.79 Å². The topological polar surface area (TPSA) is 18.5 Å². The number of benzene rings is 4. The zero-order valence-electron chi connectivity index (χ0n) is 16.7. The van der Waals surface area contributed by atoms with Gasteiger partial charge in [-0.05, 0) is 59.9 Å². The van der Waals surface area contributed by atoms with Gasteiger partial charge in [0, 0.05) is 0 Å². The fourth-order valence-corrected chi connectivity index (χ4v) is 6.20. The van der Waals surface area contributed by atoms with E-state index in [1.165, 1.54) is 27.0 Å². The Bertz CT molecular complexity index is 1090. The first-order valence-corrected chi connectivity index (χ1v) is 11.6. The Morgan fingerprint density at radius 2 is 1.13 bits per heavy atom. The van der Waals surface area contributed by atoms with Gasteiger partial charge in [-0.25, -0.2) is 0 Å². The molecule has 30 heavy (non-hydrogen) atoms. The van der Waals surface area contributed by atoms with Gasteiger partial charge in [0.1, 0.15) is 0 Å². The monoisotopic (exact) mass is 410 g/mol. The minimum absolute atomic E-state index is 0.323. The maximum Gasteiger partial charge on any atom is 0.231 e. The molecule has 0 bridgehead atoms. The molecule has 0 spiro atoms. The molecular formula is C27H23O2P. The van der Waals surface area contributed by atoms with Crippen molar-refractivity contribution in [1.82, 2.24) is 0 Å². The van der Waals surface area contributed by atoms with E-state index in [2.05, 4.69) is 97.1 Å². The van der Waals surface area contributed by atoms with E-state index >= 15 is 0 Å². The van der Waals surface area contributed by atoms with Crippen LogP contribution in [0.1, 0.15) is 11.1 Å². The van der Waals surface area contributed by atoms with Crippen LogP contribution in [0.25, 0.3) is 0 Å². The second-order valence-electron chi connectivity index (χ2n) is 7.36. The summed E-state index contributed by atoms with van der Waals surface area (Å²) < 4.78 is 10.9. The number of rotatable bonds is 6. The van der Waals surface area contributed by atoms with Crippen LogP contribution in [0, 0.1) is 0 Å². The van der Waals surface area contributed by atoms with Crippen molar-refractivity contribution in [1.29, 1.82) is 0 Å². The van der Waals surface area contributed by atoms with Crippen LogP contribution in [0.4, 0.5) is 0 Å². The van der Waals surface area contributed by atoms with Crippen molar-refractivity contribution in [3.8, 4) is 11.5 Å². The molecule has 4 aromatic carbocycles. The molecule has 5 rings (SSSR count). The summed E-state index contributed by atoms with van der Waals surface area (Å²) >= 11 is 0. The molecule has 1 aliphatic heterocycles. The van der Waals surface area contributed by atoms with Crippen LogP contribution in [0.15, 0.2) is 103 Å². The van der Waals surface area contributed by atoms with Crippen LogP contribution in [0.2, 0.25) is 0 Å². The average molecular weight is 410 g/mol. The first-order chi connectivity index (χ1) is 14.9. The Morgan fingerprint density at radius 3 is 1.83 bits per heavy atom. The van der Waals surface area contributed by atoms with Gasteiger partial charge in [0.05, 0.1) is 0 Å². The normalized spacial score (nSPS) is 12.3. The predicted molar refractivity (Wildman–Crippen MR) is 125 cm³/mol. The smallest absolute Gasteiger partial charge is 0.231 e. The molecule has 0 saturated heterocycles. The largest absolute Gasteiger partial charge is 0.454 e. The van der Waals surface area contributed by atoms with Crippen molar-refractivity contribution in [2.24, 2.45) is 0 Å². The highest BCUT2D eigenvalue weighted by Crippen LogP contribution is 2.34. The summed E-state index contributed by atoms with van der Waals surface area (Å²) in [4.78, 5) is 0. The zero-order valence-corrected chi connectivity index (χ0v) is 17.6. The van der Waals surface area contributed by atoms with Gasteiger partial charge < -0.3 is 9.47 Å². The number of hydrogen-bond donors (Lipinski definition) is 0. The minimum Gasteiger partial charge on any atom is -0.454 e. The number of hydrogen-bond acceptors (Lipinski definition) is 2. The highest BCUT2D eigenvalue weighted by atomic mass is 31.1. The summed E-state index contributed by atoms with van der Waals surface area (Å²) in [6, 6.07) is 37.1. The van der Waals surface area contributed by atoms with E-state index in [9.17, 15) is 0 Å². The molecule has 0 aliphatic carbocycles. The Balaban J connectivity index is 1.41. The molecular weight excluding hydrogens is 387 g/mol. The number of fused-ring (bicyclic) bond motifs is 1. The summed E-state index contributed by atoms with van der Waals surface area (Å²) in [7, 11) is -0.568. The summed E-state index contributed by atoms with van der Waals surface area (Å²) in [5, 5.41) is 4.16. The molecule has 0 N–H and O–H groups in total. The van der Waals surface area contributed by atoms with E-state index < -0.39 is 7.92 Å². The summed E-state index contributed by atoms with van der Waals surface area (Å²) in [5.41, 5.74) is 2.64. The van der Waals surface area contributed by atoms with Gasteiger partial charge in [-0.15, -0.1) is 0 Å². The average Bonchev–Trinajstić information content (AvgIpc) is 3.28. The lowest BCUT2D eigenvalue weighted by molar-refractivity contribution is 0.174. The molecule has 2 nitrogen and oxygen atoms in total. The molecule has 0 atom stereocenters. The van der Waals surface area contributed by atoms with Crippen molar-refractivity contribution >= 4 is 23.8 Å². The fourth-order valence-electron chi connectivity index (χ4n) is 3.84. The molecule has 0 aromatic heterocycles. The Hall–Kier alpha value is -3.09. The molecule has 4 aromatic rings. The summed E-state index contributed by atoms with van der Waals surface area (Å²) in [6.07, 6.45) is 1.98. The molecule has 1 heterocycles. The van der Waals surface area contributed by atoms with Crippen LogP contribution in [-0.4, -0.2) is 6.79 Å². The maximum atomic E-state index is 5.52. The van der Waals surface area contributed by atoms with E-state index in [-0.39, 0.29) is 0 Å². The standard InChI is InChI=1S/C27H23O2P/c1-3-9-23(10-4-1)30(24-11-5-2-6-12-24)25-13-7-8-21(18-25)14-15-22-16-17-26-27(19-22)29-20-28-26/h1-13,16-19H,14-15,20H2. The Labute approximate surface area is 178 Å². The van der Waals surface area contributed by atoms with Crippen LogP contribution in [0.5, 0.6) is 11.5 Å². The molecule has 0 amide bonds. The second kappa shape index (κ2) is 8.73. The SMILES string of the molecule is c1ccc(P(c2ccccc2)c2cccc(CCc3ccc4c(c3)OCO4)c2)cc1. The lowest BCUT2D eigenvalue weighted by atomic mass is 10.0. The van der Waals surface area contributed by atoms with Gasteiger partial charge in [0.2, 0.25) is 6.79 Å². The van der Waals surface area contributed by atoms with Gasteiger partial charge >= 0.3 is 0 Å². The van der Waals surface area contributed by atoms with Gasteiger partial charge in [-0.2, -0.15) is 0 Å². The molecule has 1 aliphatic rings.